The van der Waals surface area contributed by atoms with Crippen LogP contribution in [0.5, 0.6) is 0 Å². The number of carbonyl (C=O) groups is 1. The molecule has 1 amide bonds. The van der Waals surface area contributed by atoms with Gasteiger partial charge >= 0.3 is 0 Å². The first-order chi connectivity index (χ1) is 14.2. The van der Waals surface area contributed by atoms with E-state index in [0.29, 0.717) is 24.2 Å². The van der Waals surface area contributed by atoms with Gasteiger partial charge in [-0.15, -0.1) is 0 Å². The Bertz CT molecular complexity index is 851. The molecule has 1 saturated carbocycles. The summed E-state index contributed by atoms with van der Waals surface area (Å²) < 4.78 is 2.03. The maximum Gasteiger partial charge on any atom is 0.223 e. The lowest BCUT2D eigenvalue weighted by atomic mass is 9.92. The molecule has 0 spiro atoms. The Kier molecular flexibility index (Phi) is 5.12. The van der Waals surface area contributed by atoms with Crippen molar-refractivity contribution in [2.75, 3.05) is 19.6 Å². The SMILES string of the molecule is C[C@@H]1c2nc(C3CC3)nn2CCN1C(=O)CC1CCN(Cc2ccccc2)CC1. The predicted molar refractivity (Wildman–Crippen MR) is 111 cm³/mol. The first kappa shape index (κ1) is 18.8. The summed E-state index contributed by atoms with van der Waals surface area (Å²) in [4.78, 5) is 22.4. The summed E-state index contributed by atoms with van der Waals surface area (Å²) in [5.74, 6) is 3.33. The van der Waals surface area contributed by atoms with Gasteiger partial charge in [0, 0.05) is 25.4 Å². The molecule has 1 aromatic carbocycles. The summed E-state index contributed by atoms with van der Waals surface area (Å²) >= 11 is 0. The average Bonchev–Trinajstić information content (AvgIpc) is 3.49. The second-order valence-corrected chi connectivity index (χ2v) is 9.00. The highest BCUT2D eigenvalue weighted by molar-refractivity contribution is 5.77. The Morgan fingerprint density at radius 2 is 1.79 bits per heavy atom. The van der Waals surface area contributed by atoms with E-state index in [1.54, 1.807) is 0 Å². The van der Waals surface area contributed by atoms with Crippen molar-refractivity contribution >= 4 is 5.91 Å². The molecule has 1 aromatic heterocycles. The highest BCUT2D eigenvalue weighted by Crippen LogP contribution is 2.39. The van der Waals surface area contributed by atoms with Gasteiger partial charge in [-0.2, -0.15) is 5.10 Å². The molecule has 6 nitrogen and oxygen atoms in total. The van der Waals surface area contributed by atoms with E-state index < -0.39 is 0 Å². The molecule has 1 saturated heterocycles. The monoisotopic (exact) mass is 393 g/mol. The lowest BCUT2D eigenvalue weighted by molar-refractivity contribution is -0.136. The van der Waals surface area contributed by atoms with Gasteiger partial charge in [-0.25, -0.2) is 9.67 Å². The van der Waals surface area contributed by atoms with Gasteiger partial charge in [0.2, 0.25) is 5.91 Å². The molecule has 2 aliphatic heterocycles. The number of hydrogen-bond acceptors (Lipinski definition) is 4. The minimum Gasteiger partial charge on any atom is -0.331 e. The van der Waals surface area contributed by atoms with E-state index in [1.807, 2.05) is 9.58 Å². The van der Waals surface area contributed by atoms with Crippen molar-refractivity contribution in [1.82, 2.24) is 24.6 Å². The van der Waals surface area contributed by atoms with Gasteiger partial charge in [-0.05, 0) is 57.2 Å². The lowest BCUT2D eigenvalue weighted by Gasteiger charge is -2.36. The van der Waals surface area contributed by atoms with Crippen molar-refractivity contribution in [2.24, 2.45) is 5.92 Å². The van der Waals surface area contributed by atoms with Crippen LogP contribution in [-0.4, -0.2) is 50.1 Å². The zero-order chi connectivity index (χ0) is 19.8. The fourth-order valence-electron chi connectivity index (χ4n) is 4.79. The fourth-order valence-corrected chi connectivity index (χ4v) is 4.79. The van der Waals surface area contributed by atoms with Crippen LogP contribution in [0.1, 0.15) is 68.2 Å². The predicted octanol–water partition coefficient (Wildman–Crippen LogP) is 3.36. The van der Waals surface area contributed by atoms with Crippen molar-refractivity contribution in [2.45, 2.75) is 64.1 Å². The zero-order valence-corrected chi connectivity index (χ0v) is 17.3. The maximum absolute atomic E-state index is 13.1. The van der Waals surface area contributed by atoms with E-state index in [2.05, 4.69) is 47.3 Å². The summed E-state index contributed by atoms with van der Waals surface area (Å²) in [6.07, 6.45) is 5.33. The van der Waals surface area contributed by atoms with Crippen LogP contribution in [0.25, 0.3) is 0 Å². The Balaban J connectivity index is 1.14. The normalized spacial score (nSPS) is 23.2. The van der Waals surface area contributed by atoms with Crippen molar-refractivity contribution in [3.63, 3.8) is 0 Å². The van der Waals surface area contributed by atoms with E-state index in [1.165, 1.54) is 18.4 Å². The van der Waals surface area contributed by atoms with Crippen molar-refractivity contribution in [3.8, 4) is 0 Å². The summed E-state index contributed by atoms with van der Waals surface area (Å²) in [7, 11) is 0. The number of carbonyl (C=O) groups excluding carboxylic acids is 1. The van der Waals surface area contributed by atoms with Crippen LogP contribution in [0.4, 0.5) is 0 Å². The maximum atomic E-state index is 13.1. The minimum atomic E-state index is 0.0365. The topological polar surface area (TPSA) is 54.3 Å². The van der Waals surface area contributed by atoms with Gasteiger partial charge < -0.3 is 4.90 Å². The molecular formula is C23H31N5O. The molecule has 0 radical (unpaired) electrons. The molecule has 1 atom stereocenters. The first-order valence-corrected chi connectivity index (χ1v) is 11.2. The van der Waals surface area contributed by atoms with Crippen LogP contribution in [0.15, 0.2) is 30.3 Å². The van der Waals surface area contributed by atoms with Gasteiger partial charge in [0.1, 0.15) is 5.82 Å². The first-order valence-electron chi connectivity index (χ1n) is 11.2. The Morgan fingerprint density at radius 1 is 1.03 bits per heavy atom. The number of piperidine rings is 1. The Hall–Kier alpha value is -2.21. The standard InChI is InChI=1S/C23H31N5O/c1-17-23-24-22(20-7-8-20)25-28(23)14-13-27(17)21(29)15-18-9-11-26(12-10-18)16-19-5-3-2-4-6-19/h2-6,17-18,20H,7-16H2,1H3/t17-/m1/s1. The number of nitrogens with zero attached hydrogens (tertiary/aromatic N) is 5. The third kappa shape index (κ3) is 4.08. The summed E-state index contributed by atoms with van der Waals surface area (Å²) in [5, 5.41) is 4.68. The molecular weight excluding hydrogens is 362 g/mol. The molecule has 3 aliphatic rings. The van der Waals surface area contributed by atoms with Crippen LogP contribution < -0.4 is 0 Å². The molecule has 6 heteroatoms. The molecule has 3 heterocycles. The van der Waals surface area contributed by atoms with Gasteiger partial charge in [-0.1, -0.05) is 30.3 Å². The number of hydrogen-bond donors (Lipinski definition) is 0. The highest BCUT2D eigenvalue weighted by Gasteiger charge is 2.35. The zero-order valence-electron chi connectivity index (χ0n) is 17.3. The third-order valence-electron chi connectivity index (χ3n) is 6.79. The smallest absolute Gasteiger partial charge is 0.223 e. The lowest BCUT2D eigenvalue weighted by Crippen LogP contribution is -2.43. The van der Waals surface area contributed by atoms with E-state index >= 15 is 0 Å². The summed E-state index contributed by atoms with van der Waals surface area (Å²) in [5.41, 5.74) is 1.37. The molecule has 154 valence electrons. The fraction of sp³-hybridized carbons (Fsp3) is 0.609. The second kappa shape index (κ2) is 7.90. The van der Waals surface area contributed by atoms with E-state index in [-0.39, 0.29) is 6.04 Å². The summed E-state index contributed by atoms with van der Waals surface area (Å²) in [6, 6.07) is 10.7. The number of benzene rings is 1. The van der Waals surface area contributed by atoms with Crippen molar-refractivity contribution in [3.05, 3.63) is 47.5 Å². The van der Waals surface area contributed by atoms with Gasteiger partial charge in [-0.3, -0.25) is 9.69 Å². The number of fused-ring (bicyclic) bond motifs is 1. The quantitative estimate of drug-likeness (QED) is 0.782. The van der Waals surface area contributed by atoms with E-state index in [4.69, 9.17) is 4.98 Å². The van der Waals surface area contributed by atoms with Gasteiger partial charge in [0.05, 0.1) is 12.6 Å². The molecule has 1 aliphatic carbocycles. The summed E-state index contributed by atoms with van der Waals surface area (Å²) in [6.45, 7) is 6.83. The number of rotatable bonds is 5. The van der Waals surface area contributed by atoms with Crippen molar-refractivity contribution in [1.29, 1.82) is 0 Å². The van der Waals surface area contributed by atoms with Crippen LogP contribution in [-0.2, 0) is 17.9 Å². The number of amides is 1. The largest absolute Gasteiger partial charge is 0.331 e. The van der Waals surface area contributed by atoms with Gasteiger partial charge in [0.15, 0.2) is 5.82 Å². The second-order valence-electron chi connectivity index (χ2n) is 9.00. The van der Waals surface area contributed by atoms with E-state index in [0.717, 1.165) is 57.2 Å². The van der Waals surface area contributed by atoms with Crippen LogP contribution in [0, 0.1) is 5.92 Å². The Labute approximate surface area is 172 Å². The van der Waals surface area contributed by atoms with Crippen LogP contribution in [0.3, 0.4) is 0 Å². The Morgan fingerprint density at radius 3 is 2.52 bits per heavy atom. The van der Waals surface area contributed by atoms with Crippen molar-refractivity contribution < 1.29 is 4.79 Å². The molecule has 29 heavy (non-hydrogen) atoms. The molecule has 0 N–H and O–H groups in total. The average molecular weight is 394 g/mol. The van der Waals surface area contributed by atoms with E-state index in [9.17, 15) is 4.79 Å². The third-order valence-corrected chi connectivity index (χ3v) is 6.79. The molecule has 2 aromatic rings. The molecule has 2 fully saturated rings. The highest BCUT2D eigenvalue weighted by atomic mass is 16.2. The minimum absolute atomic E-state index is 0.0365. The van der Waals surface area contributed by atoms with Crippen LogP contribution >= 0.6 is 0 Å². The van der Waals surface area contributed by atoms with Gasteiger partial charge in [0.25, 0.3) is 0 Å². The van der Waals surface area contributed by atoms with Crippen LogP contribution in [0.2, 0.25) is 0 Å². The number of likely N-dealkylation sites (tertiary alicyclic amines) is 1. The molecule has 0 unspecified atom stereocenters. The molecule has 5 rings (SSSR count). The number of aromatic nitrogens is 3. The molecule has 0 bridgehead atoms.